The van der Waals surface area contributed by atoms with Crippen molar-refractivity contribution >= 4 is 23.9 Å². The number of carbonyl (C=O) groups excluding carboxylic acids is 4. The molecule has 9 atom stereocenters. The number of rotatable bonds is 13. The number of carboxylic acid groups (broad SMARTS) is 2. The molecule has 8 nitrogen and oxygen atoms in total. The Morgan fingerprint density at radius 3 is 2.12 bits per heavy atom. The Morgan fingerprint density at radius 2 is 1.49 bits per heavy atom. The lowest BCUT2D eigenvalue weighted by Crippen LogP contribution is -2.55. The maximum atomic E-state index is 12.9. The molecule has 43 heavy (non-hydrogen) atoms. The average molecular weight is 601 g/mol. The molecule has 4 rings (SSSR count). The molecule has 3 fully saturated rings. The van der Waals surface area contributed by atoms with E-state index in [0.29, 0.717) is 42.4 Å². The van der Waals surface area contributed by atoms with Crippen LogP contribution in [0.15, 0.2) is 11.6 Å². The summed E-state index contributed by atoms with van der Waals surface area (Å²) in [4.78, 5) is 47.1. The summed E-state index contributed by atoms with van der Waals surface area (Å²) in [7, 11) is 0. The zero-order valence-corrected chi connectivity index (χ0v) is 26.9. The maximum absolute atomic E-state index is 12.9. The predicted molar refractivity (Wildman–Crippen MR) is 157 cm³/mol. The van der Waals surface area contributed by atoms with Crippen LogP contribution >= 0.6 is 0 Å². The second kappa shape index (κ2) is 13.7. The van der Waals surface area contributed by atoms with Gasteiger partial charge in [0.2, 0.25) is 0 Å². The minimum atomic E-state index is -1.28. The van der Waals surface area contributed by atoms with Crippen LogP contribution in [0.1, 0.15) is 125 Å². The van der Waals surface area contributed by atoms with Crippen LogP contribution in [0, 0.1) is 46.3 Å². The Bertz CT molecular complexity index is 1080. The van der Waals surface area contributed by atoms with E-state index < -0.39 is 30.0 Å². The van der Waals surface area contributed by atoms with Crippen LogP contribution in [0.2, 0.25) is 0 Å². The van der Waals surface area contributed by atoms with Gasteiger partial charge in [0.15, 0.2) is 0 Å². The van der Waals surface area contributed by atoms with Gasteiger partial charge in [0, 0.05) is 24.3 Å². The molecule has 0 radical (unpaired) electrons. The van der Waals surface area contributed by atoms with E-state index in [1.165, 1.54) is 25.7 Å². The molecule has 0 aliphatic heterocycles. The predicted octanol–water partition coefficient (Wildman–Crippen LogP) is 4.52. The molecule has 3 saturated carbocycles. The number of aliphatic carboxylic acids is 2. The lowest BCUT2D eigenvalue weighted by atomic mass is 9.46. The third kappa shape index (κ3) is 7.47. The van der Waals surface area contributed by atoms with E-state index in [9.17, 15) is 29.4 Å². The van der Waals surface area contributed by atoms with Gasteiger partial charge in [-0.3, -0.25) is 9.59 Å². The van der Waals surface area contributed by atoms with Crippen LogP contribution in [0.4, 0.5) is 0 Å². The van der Waals surface area contributed by atoms with Crippen LogP contribution in [0.5, 0.6) is 0 Å². The van der Waals surface area contributed by atoms with E-state index in [4.69, 9.17) is 9.47 Å². The highest BCUT2D eigenvalue weighted by atomic mass is 16.5. The fourth-order valence-electron chi connectivity index (χ4n) is 9.69. The van der Waals surface area contributed by atoms with Crippen molar-refractivity contribution in [2.24, 2.45) is 46.3 Å². The van der Waals surface area contributed by atoms with Crippen molar-refractivity contribution < 1.29 is 38.9 Å². The molecule has 0 heterocycles. The van der Waals surface area contributed by atoms with Crippen molar-refractivity contribution in [2.45, 2.75) is 137 Å². The molecule has 0 saturated heterocycles. The first-order valence-corrected chi connectivity index (χ1v) is 16.7. The summed E-state index contributed by atoms with van der Waals surface area (Å²) in [5, 5.41) is 21.8. The quantitative estimate of drug-likeness (QED) is 0.223. The first kappa shape index (κ1) is 33.5. The van der Waals surface area contributed by atoms with Gasteiger partial charge >= 0.3 is 11.9 Å². The average Bonchev–Trinajstić information content (AvgIpc) is 3.28. The molecular formula is C35H52O8-2. The third-order valence-corrected chi connectivity index (χ3v) is 11.9. The highest BCUT2D eigenvalue weighted by Gasteiger charge is 2.62. The van der Waals surface area contributed by atoms with Gasteiger partial charge in [0.25, 0.3) is 0 Å². The number of esters is 2. The van der Waals surface area contributed by atoms with E-state index in [2.05, 4.69) is 40.7 Å². The summed E-state index contributed by atoms with van der Waals surface area (Å²) in [5.41, 5.74) is 1.20. The molecule has 0 N–H and O–H groups in total. The largest absolute Gasteiger partial charge is 0.550 e. The molecule has 0 amide bonds. The Labute approximate surface area is 257 Å². The highest BCUT2D eigenvalue weighted by molar-refractivity contribution is 5.76. The van der Waals surface area contributed by atoms with Gasteiger partial charge in [-0.1, -0.05) is 59.5 Å². The van der Waals surface area contributed by atoms with Crippen molar-refractivity contribution in [3.05, 3.63) is 11.6 Å². The summed E-state index contributed by atoms with van der Waals surface area (Å²) < 4.78 is 11.8. The second-order valence-electron chi connectivity index (χ2n) is 15.0. The maximum Gasteiger partial charge on any atom is 0.306 e. The zero-order valence-electron chi connectivity index (χ0n) is 26.9. The fraction of sp³-hybridized carbons (Fsp3) is 0.829. The van der Waals surface area contributed by atoms with E-state index in [0.717, 1.165) is 31.3 Å². The zero-order chi connectivity index (χ0) is 31.5. The molecule has 4 aliphatic carbocycles. The van der Waals surface area contributed by atoms with Crippen molar-refractivity contribution in [3.8, 4) is 0 Å². The molecule has 4 aliphatic rings. The summed E-state index contributed by atoms with van der Waals surface area (Å²) >= 11 is 0. The number of carbonyl (C=O) groups is 4. The van der Waals surface area contributed by atoms with Crippen molar-refractivity contribution in [1.29, 1.82) is 0 Å². The second-order valence-corrected chi connectivity index (χ2v) is 15.0. The van der Waals surface area contributed by atoms with Gasteiger partial charge < -0.3 is 29.3 Å². The van der Waals surface area contributed by atoms with Crippen molar-refractivity contribution in [2.75, 3.05) is 0 Å². The minimum absolute atomic E-state index is 0.102. The molecule has 242 valence electrons. The lowest BCUT2D eigenvalue weighted by molar-refractivity contribution is -0.307. The SMILES string of the molecule is CC(C)CCC[C@@H](C)C1CCC2C3C(OC(=O)CCC(=O)[O-])C=C4CC(OC(=O)CCC(=O)[O-])CCC4(C)C3CCC21C. The van der Waals surface area contributed by atoms with Crippen LogP contribution in [0.3, 0.4) is 0 Å². The van der Waals surface area contributed by atoms with Gasteiger partial charge in [0.1, 0.15) is 12.2 Å². The van der Waals surface area contributed by atoms with Crippen molar-refractivity contribution in [3.63, 3.8) is 0 Å². The van der Waals surface area contributed by atoms with E-state index >= 15 is 0 Å². The van der Waals surface area contributed by atoms with Crippen LogP contribution < -0.4 is 10.2 Å². The van der Waals surface area contributed by atoms with Gasteiger partial charge in [-0.15, -0.1) is 0 Å². The Morgan fingerprint density at radius 1 is 0.837 bits per heavy atom. The molecule has 8 heteroatoms. The Hall–Kier alpha value is -2.38. The fourth-order valence-corrected chi connectivity index (χ4v) is 9.69. The molecule has 0 bridgehead atoms. The number of hydrogen-bond donors (Lipinski definition) is 0. The number of hydrogen-bond acceptors (Lipinski definition) is 8. The summed E-state index contributed by atoms with van der Waals surface area (Å²) in [6.45, 7) is 11.8. The monoisotopic (exact) mass is 600 g/mol. The van der Waals surface area contributed by atoms with Crippen LogP contribution in [0.25, 0.3) is 0 Å². The number of carboxylic acids is 2. The molecule has 0 aromatic carbocycles. The number of ether oxygens (including phenoxy) is 2. The van der Waals surface area contributed by atoms with Gasteiger partial charge in [-0.25, -0.2) is 0 Å². The molecule has 0 aromatic heterocycles. The standard InChI is InChI=1S/C35H54O8/c1-21(2)7-6-8-22(3)25-9-10-26-33-27(16-18-35(25,26)5)34(4)17-15-24(42-31(40)13-11-29(36)37)19-23(34)20-28(33)43-32(41)14-12-30(38)39/h20-22,24-28,33H,6-19H2,1-5H3,(H,36,37)(H,38,39)/p-2/t22-,24?,25?,26?,27?,28?,33?,34?,35?/m1/s1. The summed E-state index contributed by atoms with van der Waals surface area (Å²) in [5.74, 6) is -0.719. The van der Waals surface area contributed by atoms with Crippen LogP contribution in [-0.4, -0.2) is 36.1 Å². The molecule has 0 spiro atoms. The van der Waals surface area contributed by atoms with E-state index in [-0.39, 0.29) is 48.5 Å². The first-order valence-electron chi connectivity index (χ1n) is 16.7. The first-order chi connectivity index (χ1) is 20.2. The molecular weight excluding hydrogens is 548 g/mol. The number of fused-ring (bicyclic) bond motifs is 5. The molecule has 8 unspecified atom stereocenters. The normalized spacial score (nSPS) is 35.6. The lowest BCUT2D eigenvalue weighted by Gasteiger charge is -2.59. The molecule has 0 aromatic rings. The van der Waals surface area contributed by atoms with E-state index in [1.54, 1.807) is 0 Å². The van der Waals surface area contributed by atoms with Crippen molar-refractivity contribution in [1.82, 2.24) is 0 Å². The summed E-state index contributed by atoms with van der Waals surface area (Å²) in [6.07, 6.45) is 10.5. The Kier molecular flexibility index (Phi) is 10.7. The summed E-state index contributed by atoms with van der Waals surface area (Å²) in [6, 6.07) is 0. The minimum Gasteiger partial charge on any atom is -0.550 e. The Balaban J connectivity index is 1.57. The van der Waals surface area contributed by atoms with Gasteiger partial charge in [0.05, 0.1) is 12.8 Å². The van der Waals surface area contributed by atoms with E-state index in [1.807, 2.05) is 0 Å². The topological polar surface area (TPSA) is 133 Å². The third-order valence-electron chi connectivity index (χ3n) is 11.9. The van der Waals surface area contributed by atoms with Gasteiger partial charge in [-0.05, 0) is 97.9 Å². The van der Waals surface area contributed by atoms with Crippen LogP contribution in [-0.2, 0) is 28.7 Å². The highest BCUT2D eigenvalue weighted by Crippen LogP contribution is 2.67. The van der Waals surface area contributed by atoms with Gasteiger partial charge in [-0.2, -0.15) is 0 Å². The smallest absolute Gasteiger partial charge is 0.306 e.